The summed E-state index contributed by atoms with van der Waals surface area (Å²) in [7, 11) is 0. The zero-order chi connectivity index (χ0) is 20.4. The minimum absolute atomic E-state index is 0.0544. The number of hydrogen-bond acceptors (Lipinski definition) is 6. The number of nitrogens with two attached hydrogens (primary N) is 1. The second-order valence-corrected chi connectivity index (χ2v) is 9.18. The molecule has 4 atom stereocenters. The van der Waals surface area contributed by atoms with Crippen molar-refractivity contribution < 1.29 is 24.5 Å². The molecule has 2 aliphatic heterocycles. The zero-order valence-corrected chi connectivity index (χ0v) is 16.5. The molecular weight excluding hydrogens is 372 g/mol. The molecule has 4 N–H and O–H groups in total. The van der Waals surface area contributed by atoms with E-state index >= 15 is 0 Å². The van der Waals surface area contributed by atoms with Gasteiger partial charge in [0.05, 0.1) is 17.3 Å². The summed E-state index contributed by atoms with van der Waals surface area (Å²) in [5.74, 6) is -0.766. The standard InChI is InChI=1S/C22H28N2O5/c23-20(27)16-4-3-13-10-17-22(28)6-5-14(25)11-21(22,18(13)19(16)26)7-8-24(17)12-15-2-1-9-29-15/h3-4,15,17,26,28H,1-2,5-12H2,(H2,23,27)/t15?,17-,21?,22-/m1/s1. The first-order valence-electron chi connectivity index (χ1n) is 10.6. The van der Waals surface area contributed by atoms with E-state index in [4.69, 9.17) is 10.5 Å². The van der Waals surface area contributed by atoms with Crippen LogP contribution in [0.3, 0.4) is 0 Å². The van der Waals surface area contributed by atoms with E-state index in [0.29, 0.717) is 31.2 Å². The lowest BCUT2D eigenvalue weighted by Gasteiger charge is -2.63. The second-order valence-electron chi connectivity index (χ2n) is 9.18. The Bertz CT molecular complexity index is 880. The zero-order valence-electron chi connectivity index (χ0n) is 16.5. The second kappa shape index (κ2) is 6.52. The molecule has 4 aliphatic rings. The fourth-order valence-corrected chi connectivity index (χ4v) is 6.47. The SMILES string of the molecule is NC(=O)c1ccc2c(c1O)C13CCN(CC4CCCO4)[C@H](C2)[C@]1(O)CCC(=O)C3. The Kier molecular flexibility index (Phi) is 4.28. The molecule has 1 amide bonds. The average molecular weight is 400 g/mol. The first-order valence-corrected chi connectivity index (χ1v) is 10.6. The first kappa shape index (κ1) is 19.0. The number of ketones is 1. The van der Waals surface area contributed by atoms with Crippen LogP contribution in [0.5, 0.6) is 5.75 Å². The average Bonchev–Trinajstić information content (AvgIpc) is 3.17. The number of nitrogens with zero attached hydrogens (tertiary/aromatic N) is 1. The van der Waals surface area contributed by atoms with Gasteiger partial charge in [0.2, 0.25) is 0 Å². The molecule has 29 heavy (non-hydrogen) atoms. The van der Waals surface area contributed by atoms with E-state index < -0.39 is 16.9 Å². The number of amides is 1. The van der Waals surface area contributed by atoms with E-state index in [9.17, 15) is 19.8 Å². The van der Waals surface area contributed by atoms with Crippen LogP contribution in [0.4, 0.5) is 0 Å². The van der Waals surface area contributed by atoms with E-state index in [1.165, 1.54) is 0 Å². The largest absolute Gasteiger partial charge is 0.507 e. The van der Waals surface area contributed by atoms with Crippen molar-refractivity contribution in [1.82, 2.24) is 4.90 Å². The summed E-state index contributed by atoms with van der Waals surface area (Å²) in [4.78, 5) is 26.7. The van der Waals surface area contributed by atoms with Crippen LogP contribution >= 0.6 is 0 Å². The molecule has 0 radical (unpaired) electrons. The van der Waals surface area contributed by atoms with Gasteiger partial charge in [-0.2, -0.15) is 0 Å². The highest BCUT2D eigenvalue weighted by atomic mass is 16.5. The number of rotatable bonds is 3. The van der Waals surface area contributed by atoms with Gasteiger partial charge in [-0.3, -0.25) is 14.5 Å². The number of carbonyl (C=O) groups excluding carboxylic acids is 2. The Hall–Kier alpha value is -1.96. The molecule has 3 fully saturated rings. The third kappa shape index (κ3) is 2.60. The van der Waals surface area contributed by atoms with E-state index in [1.54, 1.807) is 6.07 Å². The summed E-state index contributed by atoms with van der Waals surface area (Å²) in [6, 6.07) is 3.25. The van der Waals surface area contributed by atoms with Crippen LogP contribution in [0.25, 0.3) is 0 Å². The molecule has 1 aromatic rings. The number of ether oxygens (including phenoxy) is 1. The first-order chi connectivity index (χ1) is 13.9. The Morgan fingerprint density at radius 3 is 2.90 bits per heavy atom. The van der Waals surface area contributed by atoms with Gasteiger partial charge in [0.15, 0.2) is 0 Å². The number of fused-ring (bicyclic) bond motifs is 1. The van der Waals surface area contributed by atoms with Gasteiger partial charge in [0, 0.05) is 43.0 Å². The fraction of sp³-hybridized carbons (Fsp3) is 0.636. The van der Waals surface area contributed by atoms with Crippen LogP contribution in [0.2, 0.25) is 0 Å². The molecule has 2 saturated heterocycles. The summed E-state index contributed by atoms with van der Waals surface area (Å²) in [5, 5.41) is 23.1. The lowest BCUT2D eigenvalue weighted by atomic mass is 9.49. The maximum Gasteiger partial charge on any atom is 0.252 e. The molecule has 1 saturated carbocycles. The number of hydrogen-bond donors (Lipinski definition) is 3. The number of carbonyl (C=O) groups is 2. The number of benzene rings is 1. The van der Waals surface area contributed by atoms with E-state index in [-0.39, 0.29) is 35.7 Å². The third-order valence-corrected chi connectivity index (χ3v) is 7.81. The van der Waals surface area contributed by atoms with Gasteiger partial charge in [-0.15, -0.1) is 0 Å². The van der Waals surface area contributed by atoms with Gasteiger partial charge in [-0.1, -0.05) is 6.07 Å². The normalized spacial score (nSPS) is 36.5. The molecule has 5 rings (SSSR count). The third-order valence-electron chi connectivity index (χ3n) is 7.81. The van der Waals surface area contributed by atoms with Gasteiger partial charge in [-0.05, 0) is 50.3 Å². The molecule has 2 unspecified atom stereocenters. The quantitative estimate of drug-likeness (QED) is 0.698. The van der Waals surface area contributed by atoms with Crippen LogP contribution in [0, 0.1) is 0 Å². The van der Waals surface area contributed by atoms with Gasteiger partial charge < -0.3 is 20.7 Å². The molecule has 2 bridgehead atoms. The summed E-state index contributed by atoms with van der Waals surface area (Å²) < 4.78 is 5.84. The van der Waals surface area contributed by atoms with Gasteiger partial charge in [-0.25, -0.2) is 0 Å². The van der Waals surface area contributed by atoms with Crippen molar-refractivity contribution in [2.75, 3.05) is 19.7 Å². The summed E-state index contributed by atoms with van der Waals surface area (Å²) in [5.41, 5.74) is 4.98. The predicted molar refractivity (Wildman–Crippen MR) is 105 cm³/mol. The van der Waals surface area contributed by atoms with Gasteiger partial charge in [0.25, 0.3) is 5.91 Å². The van der Waals surface area contributed by atoms with Crippen molar-refractivity contribution in [2.45, 2.75) is 68.1 Å². The lowest BCUT2D eigenvalue weighted by Crippen LogP contribution is -2.73. The minimum Gasteiger partial charge on any atom is -0.507 e. The van der Waals surface area contributed by atoms with Gasteiger partial charge in [0.1, 0.15) is 11.5 Å². The maximum atomic E-state index is 12.5. The highest BCUT2D eigenvalue weighted by Gasteiger charge is 2.65. The van der Waals surface area contributed by atoms with Crippen LogP contribution in [-0.4, -0.2) is 64.2 Å². The van der Waals surface area contributed by atoms with Crippen molar-refractivity contribution in [2.24, 2.45) is 5.73 Å². The Labute approximate surface area is 169 Å². The molecule has 0 spiro atoms. The highest BCUT2D eigenvalue weighted by molar-refractivity contribution is 5.96. The number of primary amides is 1. The monoisotopic (exact) mass is 400 g/mol. The molecule has 0 aromatic heterocycles. The van der Waals surface area contributed by atoms with Gasteiger partial charge >= 0.3 is 0 Å². The number of Topliss-reactive ketones (excluding diaryl/α,β-unsaturated/α-hetero) is 1. The van der Waals surface area contributed by atoms with E-state index in [1.807, 2.05) is 6.07 Å². The number of likely N-dealkylation sites (tertiary alicyclic amines) is 1. The molecule has 156 valence electrons. The molecule has 1 aromatic carbocycles. The number of aliphatic hydroxyl groups is 1. The smallest absolute Gasteiger partial charge is 0.252 e. The van der Waals surface area contributed by atoms with Crippen LogP contribution in [0.15, 0.2) is 12.1 Å². The molecule has 2 heterocycles. The predicted octanol–water partition coefficient (Wildman–Crippen LogP) is 1.02. The molecule has 2 aliphatic carbocycles. The maximum absolute atomic E-state index is 12.5. The van der Waals surface area contributed by atoms with E-state index in [0.717, 1.165) is 38.1 Å². The topological polar surface area (TPSA) is 113 Å². The number of phenols is 1. The minimum atomic E-state index is -1.13. The summed E-state index contributed by atoms with van der Waals surface area (Å²) in [6.07, 6.45) is 4.32. The molecular formula is C22H28N2O5. The molecule has 7 nitrogen and oxygen atoms in total. The summed E-state index contributed by atoms with van der Waals surface area (Å²) >= 11 is 0. The Morgan fingerprint density at radius 1 is 1.34 bits per heavy atom. The van der Waals surface area contributed by atoms with Crippen molar-refractivity contribution >= 4 is 11.7 Å². The number of aromatic hydroxyl groups is 1. The van der Waals surface area contributed by atoms with Crippen LogP contribution in [0.1, 0.15) is 60.0 Å². The highest BCUT2D eigenvalue weighted by Crippen LogP contribution is 2.59. The molecule has 7 heteroatoms. The summed E-state index contributed by atoms with van der Waals surface area (Å²) in [6.45, 7) is 2.29. The van der Waals surface area contributed by atoms with Crippen molar-refractivity contribution in [3.8, 4) is 5.75 Å². The van der Waals surface area contributed by atoms with Crippen molar-refractivity contribution in [1.29, 1.82) is 0 Å². The van der Waals surface area contributed by atoms with Crippen LogP contribution in [-0.2, 0) is 21.4 Å². The van der Waals surface area contributed by atoms with E-state index in [2.05, 4.69) is 4.90 Å². The van der Waals surface area contributed by atoms with Crippen LogP contribution < -0.4 is 5.73 Å². The Balaban J connectivity index is 1.63. The van der Waals surface area contributed by atoms with Crippen molar-refractivity contribution in [3.63, 3.8) is 0 Å². The Morgan fingerprint density at radius 2 is 2.17 bits per heavy atom. The number of piperidine rings is 1. The fourth-order valence-electron chi connectivity index (χ4n) is 6.47. The lowest BCUT2D eigenvalue weighted by molar-refractivity contribution is -0.176. The van der Waals surface area contributed by atoms with Crippen molar-refractivity contribution in [3.05, 3.63) is 28.8 Å².